The number of aliphatic carboxylic acids is 1. The van der Waals surface area contributed by atoms with Crippen molar-refractivity contribution in [2.75, 3.05) is 0 Å². The van der Waals surface area contributed by atoms with Crippen LogP contribution in [0, 0.1) is 0 Å². The van der Waals surface area contributed by atoms with E-state index >= 15 is 0 Å². The first-order valence-corrected chi connectivity index (χ1v) is 4.23. The number of carboxylic acid groups (broad SMARTS) is 1. The van der Waals surface area contributed by atoms with E-state index in [1.165, 1.54) is 0 Å². The van der Waals surface area contributed by atoms with E-state index in [1.54, 1.807) is 6.08 Å². The van der Waals surface area contributed by atoms with Crippen LogP contribution in [0.2, 0.25) is 0 Å². The van der Waals surface area contributed by atoms with Crippen LogP contribution in [0.25, 0.3) is 0 Å². The van der Waals surface area contributed by atoms with Crippen molar-refractivity contribution in [3.63, 3.8) is 0 Å². The minimum atomic E-state index is -0.970. The Morgan fingerprint density at radius 3 is 2.75 bits per heavy atom. The fourth-order valence-electron chi connectivity index (χ4n) is 0.822. The molecule has 0 saturated carbocycles. The Bertz CT molecular complexity index is 152. The first kappa shape index (κ1) is 11.2. The van der Waals surface area contributed by atoms with Crippen LogP contribution in [0.1, 0.15) is 32.6 Å². The van der Waals surface area contributed by atoms with Crippen molar-refractivity contribution in [2.24, 2.45) is 0 Å². The average Bonchev–Trinajstić information content (AvgIpc) is 1.97. The second kappa shape index (κ2) is 6.85. The van der Waals surface area contributed by atoms with E-state index in [2.05, 4.69) is 6.92 Å². The van der Waals surface area contributed by atoms with Gasteiger partial charge in [-0.05, 0) is 6.42 Å². The molecule has 12 heavy (non-hydrogen) atoms. The Morgan fingerprint density at radius 2 is 2.25 bits per heavy atom. The largest absolute Gasteiger partial charge is 0.481 e. The highest BCUT2D eigenvalue weighted by atomic mass is 16.4. The number of rotatable bonds is 6. The Morgan fingerprint density at radius 1 is 1.58 bits per heavy atom. The molecule has 0 aliphatic rings. The average molecular weight is 172 g/mol. The molecule has 0 rings (SSSR count). The zero-order chi connectivity index (χ0) is 9.40. The maximum Gasteiger partial charge on any atom is 0.306 e. The minimum Gasteiger partial charge on any atom is -0.481 e. The SMILES string of the molecule is CCCC/C=C/C(O)CC(=O)O. The van der Waals surface area contributed by atoms with E-state index in [0.29, 0.717) is 0 Å². The molecular formula is C9H16O3. The fourth-order valence-corrected chi connectivity index (χ4v) is 0.822. The molecule has 0 saturated heterocycles. The van der Waals surface area contributed by atoms with E-state index in [-0.39, 0.29) is 6.42 Å². The first-order chi connectivity index (χ1) is 5.66. The third-order valence-corrected chi connectivity index (χ3v) is 1.47. The Kier molecular flexibility index (Phi) is 6.38. The van der Waals surface area contributed by atoms with Crippen LogP contribution in [0.4, 0.5) is 0 Å². The molecule has 0 bridgehead atoms. The summed E-state index contributed by atoms with van der Waals surface area (Å²) in [7, 11) is 0. The topological polar surface area (TPSA) is 57.5 Å². The van der Waals surface area contributed by atoms with Crippen molar-refractivity contribution in [3.05, 3.63) is 12.2 Å². The molecule has 70 valence electrons. The van der Waals surface area contributed by atoms with Crippen molar-refractivity contribution in [3.8, 4) is 0 Å². The van der Waals surface area contributed by atoms with Gasteiger partial charge in [0.05, 0.1) is 12.5 Å². The highest BCUT2D eigenvalue weighted by Gasteiger charge is 2.03. The molecule has 0 radical (unpaired) electrons. The lowest BCUT2D eigenvalue weighted by molar-refractivity contribution is -0.138. The summed E-state index contributed by atoms with van der Waals surface area (Å²) < 4.78 is 0. The molecule has 0 aliphatic heterocycles. The molecule has 2 N–H and O–H groups in total. The molecule has 0 aromatic heterocycles. The molecular weight excluding hydrogens is 156 g/mol. The van der Waals surface area contributed by atoms with Gasteiger partial charge in [-0.2, -0.15) is 0 Å². The quantitative estimate of drug-likeness (QED) is 0.472. The standard InChI is InChI=1S/C9H16O3/c1-2-3-4-5-6-8(10)7-9(11)12/h5-6,8,10H,2-4,7H2,1H3,(H,11,12)/b6-5+. The normalized spacial score (nSPS) is 13.5. The van der Waals surface area contributed by atoms with Gasteiger partial charge >= 0.3 is 5.97 Å². The summed E-state index contributed by atoms with van der Waals surface area (Å²) in [6.45, 7) is 2.08. The molecule has 3 nitrogen and oxygen atoms in total. The molecule has 3 heteroatoms. The smallest absolute Gasteiger partial charge is 0.306 e. The van der Waals surface area contributed by atoms with E-state index in [1.807, 2.05) is 6.08 Å². The summed E-state index contributed by atoms with van der Waals surface area (Å²) in [5.41, 5.74) is 0. The van der Waals surface area contributed by atoms with Gasteiger partial charge < -0.3 is 10.2 Å². The number of hydrogen-bond acceptors (Lipinski definition) is 2. The lowest BCUT2D eigenvalue weighted by atomic mass is 10.2. The van der Waals surface area contributed by atoms with Crippen LogP contribution in [-0.4, -0.2) is 22.3 Å². The highest BCUT2D eigenvalue weighted by molar-refractivity contribution is 5.67. The summed E-state index contributed by atoms with van der Waals surface area (Å²) in [4.78, 5) is 10.1. The van der Waals surface area contributed by atoms with Gasteiger partial charge in [0.2, 0.25) is 0 Å². The van der Waals surface area contributed by atoms with Crippen LogP contribution in [0.3, 0.4) is 0 Å². The summed E-state index contributed by atoms with van der Waals surface area (Å²) in [5, 5.41) is 17.3. The van der Waals surface area contributed by atoms with Gasteiger partial charge in [-0.3, -0.25) is 4.79 Å². The van der Waals surface area contributed by atoms with E-state index in [9.17, 15) is 4.79 Å². The van der Waals surface area contributed by atoms with Gasteiger partial charge in [-0.15, -0.1) is 0 Å². The first-order valence-electron chi connectivity index (χ1n) is 4.23. The summed E-state index contributed by atoms with van der Waals surface area (Å²) in [6.07, 6.45) is 5.44. The van der Waals surface area contributed by atoms with Gasteiger partial charge in [-0.1, -0.05) is 31.9 Å². The monoisotopic (exact) mass is 172 g/mol. The Balaban J connectivity index is 3.46. The van der Waals surface area contributed by atoms with E-state index in [0.717, 1.165) is 19.3 Å². The molecule has 0 amide bonds. The molecule has 0 spiro atoms. The maximum absolute atomic E-state index is 10.1. The van der Waals surface area contributed by atoms with Crippen LogP contribution in [0.5, 0.6) is 0 Å². The molecule has 1 unspecified atom stereocenters. The zero-order valence-corrected chi connectivity index (χ0v) is 7.36. The van der Waals surface area contributed by atoms with E-state index < -0.39 is 12.1 Å². The van der Waals surface area contributed by atoms with Crippen molar-refractivity contribution < 1.29 is 15.0 Å². The zero-order valence-electron chi connectivity index (χ0n) is 7.36. The Labute approximate surface area is 72.7 Å². The predicted octanol–water partition coefficient (Wildman–Crippen LogP) is 1.57. The van der Waals surface area contributed by atoms with Crippen molar-refractivity contribution >= 4 is 5.97 Å². The number of allylic oxidation sites excluding steroid dienone is 1. The third kappa shape index (κ3) is 7.28. The molecule has 0 fully saturated rings. The van der Waals surface area contributed by atoms with Crippen molar-refractivity contribution in [2.45, 2.75) is 38.7 Å². The lowest BCUT2D eigenvalue weighted by Gasteiger charge is -1.99. The number of unbranched alkanes of at least 4 members (excludes halogenated alkanes) is 2. The second-order valence-corrected chi connectivity index (χ2v) is 2.74. The van der Waals surface area contributed by atoms with Crippen LogP contribution < -0.4 is 0 Å². The third-order valence-electron chi connectivity index (χ3n) is 1.47. The molecule has 0 aromatic rings. The van der Waals surface area contributed by atoms with Crippen LogP contribution in [-0.2, 0) is 4.79 Å². The maximum atomic E-state index is 10.1. The van der Waals surface area contributed by atoms with Crippen LogP contribution >= 0.6 is 0 Å². The second-order valence-electron chi connectivity index (χ2n) is 2.74. The number of hydrogen-bond donors (Lipinski definition) is 2. The molecule has 0 aliphatic carbocycles. The lowest BCUT2D eigenvalue weighted by Crippen LogP contribution is -2.09. The van der Waals surface area contributed by atoms with E-state index in [4.69, 9.17) is 10.2 Å². The van der Waals surface area contributed by atoms with Crippen LogP contribution in [0.15, 0.2) is 12.2 Å². The number of aliphatic hydroxyl groups is 1. The number of aliphatic hydroxyl groups excluding tert-OH is 1. The minimum absolute atomic E-state index is 0.206. The van der Waals surface area contributed by atoms with Gasteiger partial charge in [0.1, 0.15) is 0 Å². The van der Waals surface area contributed by atoms with Crippen molar-refractivity contribution in [1.29, 1.82) is 0 Å². The number of carbonyl (C=O) groups is 1. The van der Waals surface area contributed by atoms with Gasteiger partial charge in [0, 0.05) is 0 Å². The highest BCUT2D eigenvalue weighted by Crippen LogP contribution is 1.98. The number of carboxylic acids is 1. The predicted molar refractivity (Wildman–Crippen MR) is 46.9 cm³/mol. The summed E-state index contributed by atoms with van der Waals surface area (Å²) in [5.74, 6) is -0.970. The van der Waals surface area contributed by atoms with Gasteiger partial charge in [0.25, 0.3) is 0 Å². The molecule has 0 aromatic carbocycles. The van der Waals surface area contributed by atoms with Gasteiger partial charge in [-0.25, -0.2) is 0 Å². The summed E-state index contributed by atoms with van der Waals surface area (Å²) in [6, 6.07) is 0. The van der Waals surface area contributed by atoms with Crippen molar-refractivity contribution in [1.82, 2.24) is 0 Å². The van der Waals surface area contributed by atoms with Gasteiger partial charge in [0.15, 0.2) is 0 Å². The Hall–Kier alpha value is -0.830. The molecule has 1 atom stereocenters. The fraction of sp³-hybridized carbons (Fsp3) is 0.667. The summed E-state index contributed by atoms with van der Waals surface area (Å²) >= 11 is 0. The molecule has 0 heterocycles.